The van der Waals surface area contributed by atoms with E-state index < -0.39 is 0 Å². The molecule has 0 bridgehead atoms. The second kappa shape index (κ2) is 5.07. The van der Waals surface area contributed by atoms with Crippen LogP contribution in [-0.4, -0.2) is 42.0 Å². The highest BCUT2D eigenvalue weighted by atomic mass is 16.2. The van der Waals surface area contributed by atoms with Gasteiger partial charge in [0.1, 0.15) is 0 Å². The van der Waals surface area contributed by atoms with E-state index in [4.69, 9.17) is 0 Å². The summed E-state index contributed by atoms with van der Waals surface area (Å²) in [7, 11) is 1.89. The van der Waals surface area contributed by atoms with Crippen LogP contribution in [0.15, 0.2) is 24.5 Å². The number of carbonyl (C=O) groups excluding carboxylic acids is 1. The van der Waals surface area contributed by atoms with Crippen molar-refractivity contribution in [3.05, 3.63) is 30.1 Å². The molecule has 4 heteroatoms. The predicted molar refractivity (Wildman–Crippen MR) is 62.0 cm³/mol. The molecule has 1 aliphatic heterocycles. The zero-order chi connectivity index (χ0) is 11.4. The molecule has 1 N–H and O–H groups in total. The van der Waals surface area contributed by atoms with Gasteiger partial charge in [-0.25, -0.2) is 0 Å². The summed E-state index contributed by atoms with van der Waals surface area (Å²) >= 11 is 0. The number of nitrogens with one attached hydrogen (secondary N) is 1. The Morgan fingerprint density at radius 1 is 1.50 bits per heavy atom. The van der Waals surface area contributed by atoms with Gasteiger partial charge in [0.15, 0.2) is 0 Å². The van der Waals surface area contributed by atoms with Crippen molar-refractivity contribution in [2.45, 2.75) is 18.9 Å². The molecule has 4 nitrogen and oxygen atoms in total. The van der Waals surface area contributed by atoms with Crippen LogP contribution in [0.1, 0.15) is 12.0 Å². The molecule has 86 valence electrons. The first-order chi connectivity index (χ1) is 7.77. The van der Waals surface area contributed by atoms with Gasteiger partial charge >= 0.3 is 0 Å². The van der Waals surface area contributed by atoms with Gasteiger partial charge in [-0.05, 0) is 24.1 Å². The molecular formula is C12H17N3O. The van der Waals surface area contributed by atoms with Gasteiger partial charge in [-0.3, -0.25) is 9.78 Å². The number of nitrogens with zero attached hydrogens (tertiary/aromatic N) is 2. The lowest BCUT2D eigenvalue weighted by Crippen LogP contribution is -2.57. The van der Waals surface area contributed by atoms with Crippen LogP contribution in [0, 0.1) is 0 Å². The molecule has 2 heterocycles. The first-order valence-electron chi connectivity index (χ1n) is 5.62. The second-order valence-corrected chi connectivity index (χ2v) is 4.17. The molecule has 0 atom stereocenters. The van der Waals surface area contributed by atoms with Crippen molar-refractivity contribution < 1.29 is 4.79 Å². The lowest BCUT2D eigenvalue weighted by atomic mass is 10.1. The van der Waals surface area contributed by atoms with Crippen molar-refractivity contribution in [1.82, 2.24) is 15.2 Å². The largest absolute Gasteiger partial charge is 0.340 e. The summed E-state index contributed by atoms with van der Waals surface area (Å²) in [5.41, 5.74) is 1.17. The Hall–Kier alpha value is -1.42. The normalized spacial score (nSPS) is 15.6. The van der Waals surface area contributed by atoms with E-state index in [1.165, 1.54) is 5.56 Å². The van der Waals surface area contributed by atoms with Gasteiger partial charge in [-0.15, -0.1) is 0 Å². The zero-order valence-electron chi connectivity index (χ0n) is 9.52. The number of hydrogen-bond acceptors (Lipinski definition) is 3. The van der Waals surface area contributed by atoms with Crippen molar-refractivity contribution in [1.29, 1.82) is 0 Å². The van der Waals surface area contributed by atoms with Crippen LogP contribution >= 0.6 is 0 Å². The van der Waals surface area contributed by atoms with Crippen LogP contribution < -0.4 is 5.32 Å². The molecule has 0 unspecified atom stereocenters. The number of aryl methyl sites for hydroxylation is 1. The highest BCUT2D eigenvalue weighted by molar-refractivity contribution is 5.76. The van der Waals surface area contributed by atoms with E-state index in [1.807, 2.05) is 24.1 Å². The molecule has 0 aromatic carbocycles. The smallest absolute Gasteiger partial charge is 0.222 e. The Labute approximate surface area is 95.7 Å². The maximum atomic E-state index is 11.8. The maximum Gasteiger partial charge on any atom is 0.222 e. The maximum absolute atomic E-state index is 11.8. The van der Waals surface area contributed by atoms with E-state index in [0.717, 1.165) is 19.5 Å². The van der Waals surface area contributed by atoms with E-state index >= 15 is 0 Å². The Morgan fingerprint density at radius 2 is 2.19 bits per heavy atom. The van der Waals surface area contributed by atoms with E-state index in [1.54, 1.807) is 12.4 Å². The minimum atomic E-state index is 0.225. The minimum Gasteiger partial charge on any atom is -0.340 e. The van der Waals surface area contributed by atoms with Crippen LogP contribution in [0.4, 0.5) is 0 Å². The molecule has 0 spiro atoms. The zero-order valence-corrected chi connectivity index (χ0v) is 9.52. The molecule has 1 saturated heterocycles. The summed E-state index contributed by atoms with van der Waals surface area (Å²) in [4.78, 5) is 17.6. The van der Waals surface area contributed by atoms with Crippen molar-refractivity contribution in [2.75, 3.05) is 20.1 Å². The fourth-order valence-electron chi connectivity index (χ4n) is 1.73. The van der Waals surface area contributed by atoms with Gasteiger partial charge < -0.3 is 10.2 Å². The standard InChI is InChI=1S/C12H17N3O/c1-15(11-8-14-9-11)12(16)3-2-10-4-6-13-7-5-10/h4-7,11,14H,2-3,8-9H2,1H3. The number of rotatable bonds is 4. The number of hydrogen-bond donors (Lipinski definition) is 1. The lowest BCUT2D eigenvalue weighted by molar-refractivity contribution is -0.132. The first kappa shape index (κ1) is 11.1. The number of carbonyl (C=O) groups is 1. The van der Waals surface area contributed by atoms with Crippen molar-refractivity contribution in [2.24, 2.45) is 0 Å². The molecule has 16 heavy (non-hydrogen) atoms. The molecule has 1 fully saturated rings. The fraction of sp³-hybridized carbons (Fsp3) is 0.500. The van der Waals surface area contributed by atoms with Crippen LogP contribution in [0.2, 0.25) is 0 Å². The molecule has 1 aromatic heterocycles. The lowest BCUT2D eigenvalue weighted by Gasteiger charge is -2.35. The number of pyridine rings is 1. The van der Waals surface area contributed by atoms with E-state index in [-0.39, 0.29) is 5.91 Å². The molecule has 0 aliphatic carbocycles. The van der Waals surface area contributed by atoms with Crippen LogP contribution in [0.25, 0.3) is 0 Å². The number of aromatic nitrogens is 1. The van der Waals surface area contributed by atoms with Gasteiger partial charge in [-0.2, -0.15) is 0 Å². The molecule has 1 amide bonds. The van der Waals surface area contributed by atoms with Crippen molar-refractivity contribution in [3.8, 4) is 0 Å². The fourth-order valence-corrected chi connectivity index (χ4v) is 1.73. The molecule has 1 aliphatic rings. The van der Waals surface area contributed by atoms with Gasteiger partial charge in [0, 0.05) is 39.0 Å². The van der Waals surface area contributed by atoms with Gasteiger partial charge in [0.05, 0.1) is 6.04 Å². The summed E-state index contributed by atoms with van der Waals surface area (Å²) in [5, 5.41) is 3.17. The Bertz CT molecular complexity index is 349. The SMILES string of the molecule is CN(C(=O)CCc1ccncc1)C1CNC1. The topological polar surface area (TPSA) is 45.2 Å². The summed E-state index contributed by atoms with van der Waals surface area (Å²) in [6.07, 6.45) is 4.90. The summed E-state index contributed by atoms with van der Waals surface area (Å²) in [5.74, 6) is 0.225. The Morgan fingerprint density at radius 3 is 2.75 bits per heavy atom. The monoisotopic (exact) mass is 219 g/mol. The highest BCUT2D eigenvalue weighted by Crippen LogP contribution is 2.07. The predicted octanol–water partition coefficient (Wildman–Crippen LogP) is 0.444. The molecule has 2 rings (SSSR count). The van der Waals surface area contributed by atoms with E-state index in [9.17, 15) is 4.79 Å². The third kappa shape index (κ3) is 2.58. The highest BCUT2D eigenvalue weighted by Gasteiger charge is 2.24. The molecule has 0 radical (unpaired) electrons. The molecular weight excluding hydrogens is 202 g/mol. The first-order valence-corrected chi connectivity index (χ1v) is 5.62. The Kier molecular flexibility index (Phi) is 3.51. The quantitative estimate of drug-likeness (QED) is 0.799. The Balaban J connectivity index is 1.79. The van der Waals surface area contributed by atoms with Crippen LogP contribution in [0.5, 0.6) is 0 Å². The van der Waals surface area contributed by atoms with Crippen molar-refractivity contribution >= 4 is 5.91 Å². The van der Waals surface area contributed by atoms with E-state index in [2.05, 4.69) is 10.3 Å². The number of amides is 1. The molecule has 0 saturated carbocycles. The summed E-state index contributed by atoms with van der Waals surface area (Å²) in [6, 6.07) is 4.31. The average molecular weight is 219 g/mol. The van der Waals surface area contributed by atoms with Crippen molar-refractivity contribution in [3.63, 3.8) is 0 Å². The van der Waals surface area contributed by atoms with Gasteiger partial charge in [0.25, 0.3) is 0 Å². The summed E-state index contributed by atoms with van der Waals surface area (Å²) in [6.45, 7) is 1.86. The minimum absolute atomic E-state index is 0.225. The van der Waals surface area contributed by atoms with Gasteiger partial charge in [0.2, 0.25) is 5.91 Å². The third-order valence-electron chi connectivity index (χ3n) is 3.08. The number of likely N-dealkylation sites (N-methyl/N-ethyl adjacent to an activating group) is 1. The third-order valence-corrected chi connectivity index (χ3v) is 3.08. The average Bonchev–Trinajstić information content (AvgIpc) is 2.25. The molecule has 1 aromatic rings. The van der Waals surface area contributed by atoms with Gasteiger partial charge in [-0.1, -0.05) is 0 Å². The second-order valence-electron chi connectivity index (χ2n) is 4.17. The summed E-state index contributed by atoms with van der Waals surface area (Å²) < 4.78 is 0. The van der Waals surface area contributed by atoms with Crippen LogP contribution in [-0.2, 0) is 11.2 Å². The van der Waals surface area contributed by atoms with E-state index in [0.29, 0.717) is 12.5 Å². The van der Waals surface area contributed by atoms with Crippen LogP contribution in [0.3, 0.4) is 0 Å².